The second-order valence-electron chi connectivity index (χ2n) is 9.59. The molecule has 3 aromatic rings. The number of hydrogen-bond acceptors (Lipinski definition) is 6. The number of benzene rings is 2. The Bertz CT molecular complexity index is 1080. The van der Waals surface area contributed by atoms with E-state index in [2.05, 4.69) is 11.8 Å². The first kappa shape index (κ1) is 26.2. The van der Waals surface area contributed by atoms with Gasteiger partial charge < -0.3 is 19.3 Å². The molecule has 0 aliphatic heterocycles. The summed E-state index contributed by atoms with van der Waals surface area (Å²) in [6.45, 7) is 7.32. The molecule has 194 valence electrons. The summed E-state index contributed by atoms with van der Waals surface area (Å²) in [7, 11) is 1.64. The van der Waals surface area contributed by atoms with Crippen molar-refractivity contribution in [2.45, 2.75) is 52.2 Å². The van der Waals surface area contributed by atoms with Gasteiger partial charge >= 0.3 is 0 Å². The van der Waals surface area contributed by atoms with Crippen LogP contribution in [0.3, 0.4) is 0 Å². The van der Waals surface area contributed by atoms with Crippen LogP contribution < -0.4 is 9.47 Å². The van der Waals surface area contributed by atoms with Gasteiger partial charge in [-0.05, 0) is 56.4 Å². The lowest BCUT2D eigenvalue weighted by Gasteiger charge is -2.25. The second kappa shape index (κ2) is 12.9. The van der Waals surface area contributed by atoms with Crippen LogP contribution in [-0.2, 0) is 11.3 Å². The number of aliphatic hydroxyl groups is 1. The van der Waals surface area contributed by atoms with Crippen molar-refractivity contribution in [1.82, 2.24) is 14.7 Å². The van der Waals surface area contributed by atoms with Crippen LogP contribution in [-0.4, -0.2) is 59.3 Å². The van der Waals surface area contributed by atoms with Crippen molar-refractivity contribution in [2.24, 2.45) is 5.92 Å². The highest BCUT2D eigenvalue weighted by Crippen LogP contribution is 2.37. The summed E-state index contributed by atoms with van der Waals surface area (Å²) in [4.78, 5) is 2.32. The maximum atomic E-state index is 10.7. The Labute approximate surface area is 214 Å². The van der Waals surface area contributed by atoms with E-state index in [1.54, 1.807) is 7.11 Å². The van der Waals surface area contributed by atoms with Crippen LogP contribution in [0.4, 0.5) is 0 Å². The van der Waals surface area contributed by atoms with Gasteiger partial charge in [0, 0.05) is 26.2 Å². The fourth-order valence-corrected chi connectivity index (χ4v) is 4.29. The highest BCUT2D eigenvalue weighted by Gasteiger charge is 2.28. The summed E-state index contributed by atoms with van der Waals surface area (Å²) in [5.41, 5.74) is 2.83. The van der Waals surface area contributed by atoms with E-state index in [0.717, 1.165) is 36.3 Å². The number of nitrogens with zero attached hydrogens (tertiary/aromatic N) is 3. The predicted molar refractivity (Wildman–Crippen MR) is 141 cm³/mol. The van der Waals surface area contributed by atoms with Gasteiger partial charge in [0.25, 0.3) is 0 Å². The van der Waals surface area contributed by atoms with Crippen LogP contribution in [0, 0.1) is 12.8 Å². The quantitative estimate of drug-likeness (QED) is 0.287. The molecule has 0 spiro atoms. The maximum absolute atomic E-state index is 10.7. The summed E-state index contributed by atoms with van der Waals surface area (Å²) in [6.07, 6.45) is 4.05. The lowest BCUT2D eigenvalue weighted by atomic mass is 10.2. The summed E-state index contributed by atoms with van der Waals surface area (Å²) in [6, 6.07) is 17.7. The number of unbranched alkanes of at least 4 members (excludes halogenated alkanes) is 1. The lowest BCUT2D eigenvalue weighted by Crippen LogP contribution is -2.36. The Kier molecular flexibility index (Phi) is 9.39. The Balaban J connectivity index is 1.61. The van der Waals surface area contributed by atoms with Gasteiger partial charge in [-0.15, -0.1) is 0 Å². The molecule has 0 bridgehead atoms. The van der Waals surface area contributed by atoms with Crippen LogP contribution in [0.25, 0.3) is 5.69 Å². The fourth-order valence-electron chi connectivity index (χ4n) is 4.29. The van der Waals surface area contributed by atoms with Crippen LogP contribution in [0.15, 0.2) is 54.6 Å². The molecular weight excluding hydrogens is 454 g/mol. The molecule has 1 aromatic heterocycles. The average molecular weight is 494 g/mol. The molecule has 36 heavy (non-hydrogen) atoms. The standard InChI is InChI=1S/C29H39N3O4/c1-4-5-17-35-21-25(33)19-31(18-23-15-16-23)20-26-22(2)30-32(24-11-7-6-8-12-24)29(26)36-28-14-10-9-13-27(28)34-3/h6-14,23,25,33H,4-5,15-21H2,1-3H3. The minimum absolute atomic E-state index is 0.355. The van der Waals surface area contributed by atoms with Gasteiger partial charge in [0.1, 0.15) is 0 Å². The first-order chi connectivity index (χ1) is 17.6. The molecule has 7 nitrogen and oxygen atoms in total. The van der Waals surface area contributed by atoms with Gasteiger partial charge in [-0.25, -0.2) is 4.68 Å². The number of para-hydroxylation sites is 3. The van der Waals surface area contributed by atoms with Crippen LogP contribution in [0.5, 0.6) is 17.4 Å². The van der Waals surface area contributed by atoms with Crippen molar-refractivity contribution >= 4 is 0 Å². The zero-order chi connectivity index (χ0) is 25.3. The fraction of sp³-hybridized carbons (Fsp3) is 0.483. The van der Waals surface area contributed by atoms with E-state index in [1.165, 1.54) is 12.8 Å². The SMILES string of the molecule is CCCCOCC(O)CN(Cc1c(C)nn(-c2ccccc2)c1Oc1ccccc1OC)CC1CC1. The minimum atomic E-state index is -0.538. The number of aliphatic hydroxyl groups excluding tert-OH is 1. The third-order valence-electron chi connectivity index (χ3n) is 6.43. The van der Waals surface area contributed by atoms with Crippen molar-refractivity contribution in [3.8, 4) is 23.1 Å². The van der Waals surface area contributed by atoms with E-state index in [0.29, 0.717) is 49.6 Å². The smallest absolute Gasteiger partial charge is 0.227 e. The number of methoxy groups -OCH3 is 1. The van der Waals surface area contributed by atoms with Gasteiger partial charge in [0.05, 0.1) is 36.8 Å². The Morgan fingerprint density at radius 2 is 1.81 bits per heavy atom. The molecule has 1 aliphatic carbocycles. The van der Waals surface area contributed by atoms with E-state index in [9.17, 15) is 5.11 Å². The van der Waals surface area contributed by atoms with Crippen LogP contribution in [0.1, 0.15) is 43.9 Å². The monoisotopic (exact) mass is 493 g/mol. The molecule has 1 heterocycles. The third-order valence-corrected chi connectivity index (χ3v) is 6.43. The molecule has 0 radical (unpaired) electrons. The molecule has 0 amide bonds. The molecule has 1 aliphatic rings. The van der Waals surface area contributed by atoms with Crippen molar-refractivity contribution < 1.29 is 19.3 Å². The number of ether oxygens (including phenoxy) is 3. The molecule has 4 rings (SSSR count). The molecule has 1 unspecified atom stereocenters. The number of rotatable bonds is 15. The molecule has 1 N–H and O–H groups in total. The zero-order valence-electron chi connectivity index (χ0n) is 21.7. The molecule has 1 fully saturated rings. The van der Waals surface area contributed by atoms with Crippen molar-refractivity contribution in [2.75, 3.05) is 33.4 Å². The van der Waals surface area contributed by atoms with E-state index < -0.39 is 6.10 Å². The maximum Gasteiger partial charge on any atom is 0.227 e. The highest BCUT2D eigenvalue weighted by atomic mass is 16.5. The largest absolute Gasteiger partial charge is 0.493 e. The summed E-state index contributed by atoms with van der Waals surface area (Å²) >= 11 is 0. The van der Waals surface area contributed by atoms with Crippen molar-refractivity contribution in [3.05, 3.63) is 65.9 Å². The summed E-state index contributed by atoms with van der Waals surface area (Å²) < 4.78 is 19.6. The lowest BCUT2D eigenvalue weighted by molar-refractivity contribution is 0.0134. The molecule has 2 aromatic carbocycles. The minimum Gasteiger partial charge on any atom is -0.493 e. The second-order valence-corrected chi connectivity index (χ2v) is 9.59. The van der Waals surface area contributed by atoms with Gasteiger partial charge in [-0.1, -0.05) is 43.7 Å². The third kappa shape index (κ3) is 7.09. The Hall–Kier alpha value is -2.87. The van der Waals surface area contributed by atoms with Gasteiger partial charge in [-0.2, -0.15) is 5.10 Å². The van der Waals surface area contributed by atoms with Gasteiger partial charge in [-0.3, -0.25) is 4.90 Å². The normalized spacial score (nSPS) is 14.2. The first-order valence-corrected chi connectivity index (χ1v) is 13.0. The van der Waals surface area contributed by atoms with E-state index >= 15 is 0 Å². The first-order valence-electron chi connectivity index (χ1n) is 13.0. The van der Waals surface area contributed by atoms with Gasteiger partial charge in [0.2, 0.25) is 5.88 Å². The van der Waals surface area contributed by atoms with Crippen molar-refractivity contribution in [1.29, 1.82) is 0 Å². The van der Waals surface area contributed by atoms with Crippen molar-refractivity contribution in [3.63, 3.8) is 0 Å². The highest BCUT2D eigenvalue weighted by molar-refractivity contribution is 5.47. The molecule has 7 heteroatoms. The van der Waals surface area contributed by atoms with Crippen LogP contribution in [0.2, 0.25) is 0 Å². The number of aromatic nitrogens is 2. The molecule has 0 saturated heterocycles. The molecule has 1 saturated carbocycles. The van der Waals surface area contributed by atoms with Crippen LogP contribution >= 0.6 is 0 Å². The van der Waals surface area contributed by atoms with E-state index in [-0.39, 0.29) is 0 Å². The topological polar surface area (TPSA) is 69.0 Å². The number of aryl methyl sites for hydroxylation is 1. The van der Waals surface area contributed by atoms with Gasteiger partial charge in [0.15, 0.2) is 11.5 Å². The Morgan fingerprint density at radius 3 is 2.50 bits per heavy atom. The average Bonchev–Trinajstić information content (AvgIpc) is 3.66. The van der Waals surface area contributed by atoms with E-state index in [4.69, 9.17) is 19.3 Å². The van der Waals surface area contributed by atoms with E-state index in [1.807, 2.05) is 66.2 Å². The number of hydrogen-bond donors (Lipinski definition) is 1. The summed E-state index contributed by atoms with van der Waals surface area (Å²) in [5, 5.41) is 15.6. The summed E-state index contributed by atoms with van der Waals surface area (Å²) in [5.74, 6) is 2.65. The Morgan fingerprint density at radius 1 is 1.08 bits per heavy atom. The molecular formula is C29H39N3O4. The predicted octanol–water partition coefficient (Wildman–Crippen LogP) is 5.37. The zero-order valence-corrected chi connectivity index (χ0v) is 21.7. The molecule has 1 atom stereocenters.